The number of methoxy groups -OCH3 is 1. The van der Waals surface area contributed by atoms with Gasteiger partial charge in [0.25, 0.3) is 0 Å². The number of amides is 1. The number of aliphatic carboxylic acids is 2. The van der Waals surface area contributed by atoms with Gasteiger partial charge in [-0.2, -0.15) is 0 Å². The van der Waals surface area contributed by atoms with Crippen molar-refractivity contribution >= 4 is 56.7 Å². The lowest BCUT2D eigenvalue weighted by Gasteiger charge is -2.16. The fourth-order valence-electron chi connectivity index (χ4n) is 4.66. The molecule has 0 spiro atoms. The Balaban J connectivity index is 1.37. The summed E-state index contributed by atoms with van der Waals surface area (Å²) in [6.07, 6.45) is -0.0531. The zero-order valence-corrected chi connectivity index (χ0v) is 25.7. The molecule has 0 bridgehead atoms. The van der Waals surface area contributed by atoms with Crippen LogP contribution in [0.15, 0.2) is 18.2 Å². The number of aromatic hydroxyl groups is 1. The Labute approximate surface area is 260 Å². The number of carboxylic acid groups (broad SMARTS) is 2. The molecule has 14 heteroatoms. The normalized spacial score (nSPS) is 13.8. The molecule has 0 saturated carbocycles. The fraction of sp³-hybridized carbons (Fsp3) is 0.400. The first-order valence-electron chi connectivity index (χ1n) is 13.7. The topological polar surface area (TPSA) is 160 Å². The van der Waals surface area contributed by atoms with Crippen molar-refractivity contribution < 1.29 is 53.1 Å². The monoisotopic (exact) mass is 651 g/mol. The Hall–Kier alpha value is -4.10. The second kappa shape index (κ2) is 13.7. The summed E-state index contributed by atoms with van der Waals surface area (Å²) in [6.45, 7) is 3.39. The van der Waals surface area contributed by atoms with Crippen LogP contribution in [-0.4, -0.2) is 64.2 Å². The predicted molar refractivity (Wildman–Crippen MR) is 158 cm³/mol. The number of Topliss-reactive ketones (excluding diaryl/α,β-unsaturated/α-hetero) is 1. The van der Waals surface area contributed by atoms with Crippen LogP contribution in [0.3, 0.4) is 0 Å². The molecule has 0 saturated heterocycles. The van der Waals surface area contributed by atoms with E-state index in [0.717, 1.165) is 11.3 Å². The van der Waals surface area contributed by atoms with Crippen molar-refractivity contribution in [2.24, 2.45) is 11.8 Å². The lowest BCUT2D eigenvalue weighted by atomic mass is 10.0. The molecule has 3 N–H and O–H groups in total. The number of halogens is 2. The summed E-state index contributed by atoms with van der Waals surface area (Å²) >= 11 is 7.28. The molecule has 0 radical (unpaired) electrons. The molecule has 2 aromatic carbocycles. The van der Waals surface area contributed by atoms with Crippen LogP contribution in [0.1, 0.15) is 53.9 Å². The first-order valence-corrected chi connectivity index (χ1v) is 14.9. The van der Waals surface area contributed by atoms with Gasteiger partial charge in [0.15, 0.2) is 34.6 Å². The van der Waals surface area contributed by atoms with Gasteiger partial charge in [-0.3, -0.25) is 19.2 Å². The summed E-state index contributed by atoms with van der Waals surface area (Å²) in [5.74, 6) is -5.51. The molecule has 0 fully saturated rings. The van der Waals surface area contributed by atoms with Crippen molar-refractivity contribution in [3.63, 3.8) is 0 Å². The third kappa shape index (κ3) is 6.99. The number of ketones is 1. The summed E-state index contributed by atoms with van der Waals surface area (Å²) in [6, 6.07) is 4.63. The molecule has 0 unspecified atom stereocenters. The molecule has 1 amide bonds. The van der Waals surface area contributed by atoms with E-state index >= 15 is 4.39 Å². The van der Waals surface area contributed by atoms with E-state index in [9.17, 15) is 24.3 Å². The Morgan fingerprint density at radius 1 is 1.00 bits per heavy atom. The molecule has 236 valence electrons. The summed E-state index contributed by atoms with van der Waals surface area (Å²) in [5, 5.41) is 29.2. The number of hydrogen-bond acceptors (Lipinski definition) is 9. The molecule has 2 heterocycles. The van der Waals surface area contributed by atoms with Crippen molar-refractivity contribution in [1.82, 2.24) is 4.90 Å². The molecule has 11 nitrogen and oxygen atoms in total. The summed E-state index contributed by atoms with van der Waals surface area (Å²) < 4.78 is 32.1. The number of nitrogens with zero attached hydrogens (tertiary/aromatic N) is 1. The molecule has 4 rings (SSSR count). The lowest BCUT2D eigenvalue weighted by Crippen LogP contribution is -2.28. The molecule has 1 aliphatic rings. The van der Waals surface area contributed by atoms with Crippen LogP contribution in [0, 0.1) is 17.7 Å². The number of carbonyl (C=O) groups excluding carboxylic acids is 2. The zero-order chi connectivity index (χ0) is 32.3. The standard InChI is InChI=1S/C30H31ClFNO10S/c1-14(29(37)38)7-19(34)22-11-16-9-21(27(41-3)25(32)28(16)44-22)43-6-4-5-42-20-10-17-12-33(13-18(17)24(31)26(20)36)23(35)8-15(2)30(39)40/h9-11,14-15,36H,4-8,12-13H2,1-3H3,(H,37,38)(H,39,40)/t14-,15-/m0/s1. The fourth-order valence-corrected chi connectivity index (χ4v) is 5.96. The van der Waals surface area contributed by atoms with Crippen LogP contribution in [0.25, 0.3) is 10.1 Å². The van der Waals surface area contributed by atoms with E-state index in [1.54, 1.807) is 12.1 Å². The van der Waals surface area contributed by atoms with Gasteiger partial charge in [-0.15, -0.1) is 11.3 Å². The van der Waals surface area contributed by atoms with Crippen LogP contribution in [0.2, 0.25) is 5.02 Å². The second-order valence-corrected chi connectivity index (χ2v) is 12.0. The van der Waals surface area contributed by atoms with E-state index in [0.29, 0.717) is 22.9 Å². The van der Waals surface area contributed by atoms with Gasteiger partial charge < -0.3 is 34.4 Å². The highest BCUT2D eigenvalue weighted by Crippen LogP contribution is 2.43. The van der Waals surface area contributed by atoms with E-state index in [2.05, 4.69) is 0 Å². The maximum atomic E-state index is 15.2. The highest BCUT2D eigenvalue weighted by molar-refractivity contribution is 7.20. The second-order valence-electron chi connectivity index (χ2n) is 10.5. The third-order valence-electron chi connectivity index (χ3n) is 7.23. The van der Waals surface area contributed by atoms with Crippen LogP contribution in [0.5, 0.6) is 23.0 Å². The number of rotatable bonds is 14. The van der Waals surface area contributed by atoms with Crippen LogP contribution in [0.4, 0.5) is 4.39 Å². The number of phenols is 1. The largest absolute Gasteiger partial charge is 0.503 e. The van der Waals surface area contributed by atoms with Crippen molar-refractivity contribution in [2.75, 3.05) is 20.3 Å². The summed E-state index contributed by atoms with van der Waals surface area (Å²) in [5.41, 5.74) is 1.24. The van der Waals surface area contributed by atoms with Crippen molar-refractivity contribution in [3.8, 4) is 23.0 Å². The van der Waals surface area contributed by atoms with Gasteiger partial charge in [-0.05, 0) is 29.3 Å². The number of hydrogen-bond donors (Lipinski definition) is 3. The van der Waals surface area contributed by atoms with Crippen molar-refractivity contribution in [2.45, 2.75) is 46.2 Å². The van der Waals surface area contributed by atoms with Gasteiger partial charge >= 0.3 is 11.9 Å². The SMILES string of the molecule is COc1c(OCCCOc2cc3c(c(Cl)c2O)CN(C(=O)C[C@H](C)C(=O)O)C3)cc2cc(C(=O)C[C@H](C)C(=O)O)sc2c1F. The lowest BCUT2D eigenvalue weighted by molar-refractivity contribution is -0.145. The van der Waals surface area contributed by atoms with E-state index in [-0.39, 0.29) is 82.6 Å². The average molecular weight is 652 g/mol. The quantitative estimate of drug-likeness (QED) is 0.150. The predicted octanol–water partition coefficient (Wildman–Crippen LogP) is 5.50. The number of benzene rings is 2. The number of phenolic OH excluding ortho intramolecular Hbond substituents is 1. The van der Waals surface area contributed by atoms with E-state index in [1.165, 1.54) is 31.9 Å². The minimum absolute atomic E-state index is 0.0508. The van der Waals surface area contributed by atoms with Crippen LogP contribution in [-0.2, 0) is 27.5 Å². The number of ether oxygens (including phenoxy) is 3. The van der Waals surface area contributed by atoms with E-state index in [1.807, 2.05) is 0 Å². The van der Waals surface area contributed by atoms with Crippen molar-refractivity contribution in [1.29, 1.82) is 0 Å². The molecule has 2 atom stereocenters. The minimum Gasteiger partial charge on any atom is -0.503 e. The zero-order valence-electron chi connectivity index (χ0n) is 24.1. The van der Waals surface area contributed by atoms with Gasteiger partial charge in [0.2, 0.25) is 5.91 Å². The van der Waals surface area contributed by atoms with Crippen LogP contribution < -0.4 is 14.2 Å². The minimum atomic E-state index is -1.09. The Kier molecular flexibility index (Phi) is 10.2. The number of fused-ring (bicyclic) bond motifs is 2. The van der Waals surface area contributed by atoms with E-state index in [4.69, 9.17) is 36.0 Å². The molecular formula is C30H31ClFNO10S. The Morgan fingerprint density at radius 2 is 1.64 bits per heavy atom. The van der Waals surface area contributed by atoms with Gasteiger partial charge in [-0.25, -0.2) is 4.39 Å². The van der Waals surface area contributed by atoms with Gasteiger partial charge in [0, 0.05) is 37.7 Å². The summed E-state index contributed by atoms with van der Waals surface area (Å²) in [7, 11) is 1.29. The number of carboxylic acids is 2. The maximum Gasteiger partial charge on any atom is 0.306 e. The molecule has 0 aliphatic carbocycles. The molecule has 1 aromatic heterocycles. The molecular weight excluding hydrogens is 621 g/mol. The molecule has 1 aliphatic heterocycles. The van der Waals surface area contributed by atoms with Crippen LogP contribution >= 0.6 is 22.9 Å². The molecule has 44 heavy (non-hydrogen) atoms. The Bertz CT molecular complexity index is 1620. The highest BCUT2D eigenvalue weighted by atomic mass is 35.5. The first-order chi connectivity index (χ1) is 20.8. The Morgan fingerprint density at radius 3 is 2.27 bits per heavy atom. The summed E-state index contributed by atoms with van der Waals surface area (Å²) in [4.78, 5) is 49.0. The van der Waals surface area contributed by atoms with Gasteiger partial charge in [0.1, 0.15) is 0 Å². The number of thiophene rings is 1. The smallest absolute Gasteiger partial charge is 0.306 e. The highest BCUT2D eigenvalue weighted by Gasteiger charge is 2.30. The first kappa shape index (κ1) is 32.8. The van der Waals surface area contributed by atoms with Gasteiger partial charge in [-0.1, -0.05) is 25.4 Å². The van der Waals surface area contributed by atoms with Gasteiger partial charge in [0.05, 0.1) is 46.8 Å². The third-order valence-corrected chi connectivity index (χ3v) is 8.82. The number of carbonyl (C=O) groups is 4. The van der Waals surface area contributed by atoms with Crippen molar-refractivity contribution in [3.05, 3.63) is 45.0 Å². The van der Waals surface area contributed by atoms with E-state index < -0.39 is 35.4 Å². The molecule has 3 aromatic rings. The average Bonchev–Trinajstić information content (AvgIpc) is 3.60. The maximum absolute atomic E-state index is 15.2.